The van der Waals surface area contributed by atoms with Crippen LogP contribution in [0.15, 0.2) is 101 Å². The molecule has 4 aromatic carbocycles. The predicted octanol–water partition coefficient (Wildman–Crippen LogP) is 6.29. The summed E-state index contributed by atoms with van der Waals surface area (Å²) in [5.74, 6) is -0.239. The second-order valence-corrected chi connectivity index (χ2v) is 15.3. The van der Waals surface area contributed by atoms with E-state index in [4.69, 9.17) is 9.47 Å². The predicted molar refractivity (Wildman–Crippen MR) is 188 cm³/mol. The molecule has 9 rings (SSSR count). The number of nitrogens with zero attached hydrogens (tertiary/aromatic N) is 1. The van der Waals surface area contributed by atoms with Gasteiger partial charge in [-0.15, -0.1) is 11.8 Å². The summed E-state index contributed by atoms with van der Waals surface area (Å²) in [6.07, 6.45) is 0.797. The number of nitrogens with one attached hydrogen (secondary N) is 2. The topological polar surface area (TPSA) is 118 Å². The molecule has 1 saturated heterocycles. The van der Waals surface area contributed by atoms with Crippen molar-refractivity contribution in [2.24, 2.45) is 29.6 Å². The Labute approximate surface area is 289 Å². The van der Waals surface area contributed by atoms with Crippen molar-refractivity contribution >= 4 is 63.0 Å². The molecule has 246 valence electrons. The van der Waals surface area contributed by atoms with Crippen molar-refractivity contribution in [3.8, 4) is 11.5 Å². The first-order valence-electron chi connectivity index (χ1n) is 16.3. The minimum atomic E-state index is -0.404. The second-order valence-electron chi connectivity index (χ2n) is 13.1. The lowest BCUT2D eigenvalue weighted by atomic mass is 9.68. The van der Waals surface area contributed by atoms with Gasteiger partial charge in [0.1, 0.15) is 11.5 Å². The number of carbonyl (C=O) groups excluding carboxylic acids is 3. The van der Waals surface area contributed by atoms with Crippen LogP contribution in [0.2, 0.25) is 0 Å². The zero-order valence-corrected chi connectivity index (χ0v) is 28.0. The van der Waals surface area contributed by atoms with Crippen LogP contribution in [0, 0.1) is 29.6 Å². The number of ether oxygens (including phenoxy) is 2. The number of carbonyl (C=O) groups is 3. The summed E-state index contributed by atoms with van der Waals surface area (Å²) in [6, 6.07) is 28.4. The Kier molecular flexibility index (Phi) is 7.17. The van der Waals surface area contributed by atoms with Gasteiger partial charge in [0.25, 0.3) is 5.91 Å². The van der Waals surface area contributed by atoms with Gasteiger partial charge < -0.3 is 19.8 Å². The molecule has 2 saturated carbocycles. The van der Waals surface area contributed by atoms with Crippen molar-refractivity contribution in [2.45, 2.75) is 22.6 Å². The zero-order valence-electron chi connectivity index (χ0n) is 26.3. The number of aromatic amines is 1. The normalized spacial score (nSPS) is 26.4. The van der Waals surface area contributed by atoms with E-state index in [1.807, 2.05) is 66.7 Å². The highest BCUT2D eigenvalue weighted by Gasteiger charge is 2.69. The number of thioether (sulfide) groups is 1. The Morgan fingerprint density at radius 1 is 0.898 bits per heavy atom. The van der Waals surface area contributed by atoms with Gasteiger partial charge >= 0.3 is 4.87 Å². The van der Waals surface area contributed by atoms with E-state index in [1.165, 1.54) is 16.2 Å². The molecule has 0 unspecified atom stereocenters. The summed E-state index contributed by atoms with van der Waals surface area (Å²) >= 11 is 2.87. The van der Waals surface area contributed by atoms with E-state index in [9.17, 15) is 19.2 Å². The highest BCUT2D eigenvalue weighted by Crippen LogP contribution is 2.68. The lowest BCUT2D eigenvalue weighted by molar-refractivity contribution is -0.123. The molecule has 11 heteroatoms. The molecule has 4 aliphatic rings. The maximum Gasteiger partial charge on any atom is 0.305 e. The number of benzene rings is 4. The van der Waals surface area contributed by atoms with Gasteiger partial charge in [-0.1, -0.05) is 59.9 Å². The van der Waals surface area contributed by atoms with Crippen LogP contribution in [0.25, 0.3) is 10.8 Å². The molecule has 3 heterocycles. The van der Waals surface area contributed by atoms with E-state index in [-0.39, 0.29) is 64.0 Å². The van der Waals surface area contributed by atoms with Crippen LogP contribution in [-0.2, 0) is 14.4 Å². The number of rotatable bonds is 7. The van der Waals surface area contributed by atoms with E-state index in [1.54, 1.807) is 43.1 Å². The molecule has 2 aliphatic heterocycles. The van der Waals surface area contributed by atoms with Gasteiger partial charge in [-0.2, -0.15) is 0 Å². The average molecular weight is 690 g/mol. The monoisotopic (exact) mass is 689 g/mol. The number of H-pyrrole nitrogens is 1. The van der Waals surface area contributed by atoms with Crippen LogP contribution in [0.3, 0.4) is 0 Å². The molecule has 7 atom stereocenters. The highest BCUT2D eigenvalue weighted by molar-refractivity contribution is 8.00. The Morgan fingerprint density at radius 2 is 1.65 bits per heavy atom. The van der Waals surface area contributed by atoms with Gasteiger partial charge in [-0.3, -0.25) is 24.1 Å². The van der Waals surface area contributed by atoms with E-state index in [0.717, 1.165) is 38.3 Å². The first-order chi connectivity index (χ1) is 23.9. The standard InChI is InChI=1S/C38H31N3O6S2/c1-46-22-14-12-21(13-15-22)41-36(43)31-25-17-26(32(31)37(41)44)33-30(25)29(34-35(48-33)40-38(45)49-34)20-8-4-9-23(16-20)47-18-28(42)39-27-11-5-7-19-6-2-3-10-24(19)27/h2-16,25-26,29-33H,17-18H2,1H3,(H,39,42)(H,40,45)/t25-,26-,29+,30-,31+,32+,33-/m1/s1. The minimum absolute atomic E-state index is 0.0148. The quantitative estimate of drug-likeness (QED) is 0.193. The molecule has 2 aliphatic carbocycles. The number of amides is 3. The number of anilines is 2. The molecular formula is C38H31N3O6S2. The summed E-state index contributed by atoms with van der Waals surface area (Å²) in [4.78, 5) is 59.0. The van der Waals surface area contributed by atoms with E-state index in [0.29, 0.717) is 17.2 Å². The SMILES string of the molecule is COc1ccc(N2C(=O)[C@H]3[C@H]4C[C@@H]([C@@H]3C2=O)[C@@H]2[C@H](c3cccc(OCC(=O)Nc5cccc6ccccc56)c3)c3sc(=O)[nH]c3S[C@H]42)cc1. The first kappa shape index (κ1) is 30.2. The first-order valence-corrected chi connectivity index (χ1v) is 18.0. The molecule has 5 aromatic rings. The van der Waals surface area contributed by atoms with Crippen molar-refractivity contribution in [3.05, 3.63) is 111 Å². The van der Waals surface area contributed by atoms with Crippen LogP contribution in [-0.4, -0.2) is 41.7 Å². The van der Waals surface area contributed by atoms with Crippen molar-refractivity contribution in [3.63, 3.8) is 0 Å². The van der Waals surface area contributed by atoms with Crippen molar-refractivity contribution in [2.75, 3.05) is 23.9 Å². The number of methoxy groups -OCH3 is 1. The van der Waals surface area contributed by atoms with Crippen LogP contribution >= 0.6 is 23.1 Å². The highest BCUT2D eigenvalue weighted by atomic mass is 32.2. The summed E-state index contributed by atoms with van der Waals surface area (Å²) in [5.41, 5.74) is 2.25. The van der Waals surface area contributed by atoms with Gasteiger partial charge in [0.2, 0.25) is 11.8 Å². The second kappa shape index (κ2) is 11.6. The number of hydrogen-bond acceptors (Lipinski definition) is 8. The number of thiazole rings is 1. The Morgan fingerprint density at radius 3 is 2.47 bits per heavy atom. The van der Waals surface area contributed by atoms with Gasteiger partial charge in [0, 0.05) is 27.1 Å². The Hall–Kier alpha value is -4.87. The third kappa shape index (κ3) is 4.81. The van der Waals surface area contributed by atoms with Gasteiger partial charge in [0.15, 0.2) is 6.61 Å². The fourth-order valence-corrected chi connectivity index (χ4v) is 11.7. The molecular weight excluding hydrogens is 659 g/mol. The third-order valence-corrected chi connectivity index (χ3v) is 13.3. The molecule has 2 N–H and O–H groups in total. The van der Waals surface area contributed by atoms with Gasteiger partial charge in [-0.05, 0) is 77.6 Å². The van der Waals surface area contributed by atoms with Gasteiger partial charge in [-0.25, -0.2) is 0 Å². The molecule has 3 amide bonds. The van der Waals surface area contributed by atoms with Crippen LogP contribution in [0.5, 0.6) is 11.5 Å². The molecule has 1 aromatic heterocycles. The number of fused-ring (bicyclic) bond motifs is 10. The Bertz CT molecular complexity index is 2210. The number of hydrogen-bond donors (Lipinski definition) is 2. The fraction of sp³-hybridized carbons (Fsp3) is 0.263. The Balaban J connectivity index is 0.994. The van der Waals surface area contributed by atoms with Crippen molar-refractivity contribution in [1.82, 2.24) is 4.98 Å². The zero-order chi connectivity index (χ0) is 33.4. The van der Waals surface area contributed by atoms with E-state index < -0.39 is 5.92 Å². The van der Waals surface area contributed by atoms with Crippen LogP contribution < -0.4 is 24.6 Å². The lowest BCUT2D eigenvalue weighted by Gasteiger charge is -2.43. The molecule has 3 fully saturated rings. The van der Waals surface area contributed by atoms with E-state index in [2.05, 4.69) is 10.3 Å². The summed E-state index contributed by atoms with van der Waals surface area (Å²) in [7, 11) is 1.58. The number of aromatic nitrogens is 1. The van der Waals surface area contributed by atoms with Crippen molar-refractivity contribution < 1.29 is 23.9 Å². The summed E-state index contributed by atoms with van der Waals surface area (Å²) in [5, 5.41) is 5.87. The molecule has 0 radical (unpaired) electrons. The number of imide groups is 1. The lowest BCUT2D eigenvalue weighted by Crippen LogP contribution is -2.42. The largest absolute Gasteiger partial charge is 0.497 e. The molecule has 2 bridgehead atoms. The van der Waals surface area contributed by atoms with Crippen molar-refractivity contribution in [1.29, 1.82) is 0 Å². The average Bonchev–Trinajstić information content (AvgIpc) is 3.86. The third-order valence-electron chi connectivity index (χ3n) is 10.7. The van der Waals surface area contributed by atoms with E-state index >= 15 is 0 Å². The molecule has 0 spiro atoms. The minimum Gasteiger partial charge on any atom is -0.497 e. The molecule has 49 heavy (non-hydrogen) atoms. The summed E-state index contributed by atoms with van der Waals surface area (Å²) in [6.45, 7) is -0.172. The fourth-order valence-electron chi connectivity index (χ4n) is 8.84. The molecule has 9 nitrogen and oxygen atoms in total. The maximum absolute atomic E-state index is 14.1. The summed E-state index contributed by atoms with van der Waals surface area (Å²) < 4.78 is 11.3. The maximum atomic E-state index is 14.1. The smallest absolute Gasteiger partial charge is 0.305 e. The van der Waals surface area contributed by atoms with Gasteiger partial charge in [0.05, 0.1) is 29.7 Å². The van der Waals surface area contributed by atoms with Crippen LogP contribution in [0.4, 0.5) is 11.4 Å². The van der Waals surface area contributed by atoms with Crippen LogP contribution in [0.1, 0.15) is 22.8 Å².